The summed E-state index contributed by atoms with van der Waals surface area (Å²) in [6.07, 6.45) is 4.05. The topological polar surface area (TPSA) is 63.2 Å². The molecule has 3 rings (SSSR count). The summed E-state index contributed by atoms with van der Waals surface area (Å²) in [5.74, 6) is -0.249. The van der Waals surface area contributed by atoms with Crippen LogP contribution >= 0.6 is 11.6 Å². The van der Waals surface area contributed by atoms with Gasteiger partial charge in [0.25, 0.3) is 5.91 Å². The molecule has 5 nitrogen and oxygen atoms in total. The minimum atomic E-state index is -0.249. The van der Waals surface area contributed by atoms with Gasteiger partial charge in [0.2, 0.25) is 0 Å². The summed E-state index contributed by atoms with van der Waals surface area (Å²) < 4.78 is 5.59. The van der Waals surface area contributed by atoms with Gasteiger partial charge in [-0.15, -0.1) is 0 Å². The van der Waals surface area contributed by atoms with Crippen molar-refractivity contribution >= 4 is 28.9 Å². The Labute approximate surface area is 146 Å². The molecule has 1 aliphatic heterocycles. The summed E-state index contributed by atoms with van der Waals surface area (Å²) in [7, 11) is 0. The zero-order valence-electron chi connectivity index (χ0n) is 13.5. The summed E-state index contributed by atoms with van der Waals surface area (Å²) in [6.45, 7) is 3.46. The van der Waals surface area contributed by atoms with E-state index in [1.165, 1.54) is 0 Å². The highest BCUT2D eigenvalue weighted by atomic mass is 35.5. The number of benzene rings is 1. The van der Waals surface area contributed by atoms with Gasteiger partial charge in [-0.1, -0.05) is 11.6 Å². The van der Waals surface area contributed by atoms with Gasteiger partial charge in [-0.2, -0.15) is 0 Å². The number of hydrogen-bond acceptors (Lipinski definition) is 4. The van der Waals surface area contributed by atoms with Crippen molar-refractivity contribution in [3.63, 3.8) is 0 Å². The van der Waals surface area contributed by atoms with Crippen molar-refractivity contribution < 1.29 is 9.53 Å². The molecule has 0 bridgehead atoms. The molecular weight excluding hydrogens is 326 g/mol. The molecule has 2 aromatic rings. The van der Waals surface area contributed by atoms with Crippen LogP contribution in [0, 0.1) is 6.92 Å². The maximum absolute atomic E-state index is 12.4. The molecule has 0 spiro atoms. The van der Waals surface area contributed by atoms with Crippen LogP contribution in [0.3, 0.4) is 0 Å². The molecule has 0 aliphatic carbocycles. The summed E-state index contributed by atoms with van der Waals surface area (Å²) in [4.78, 5) is 16.6. The highest BCUT2D eigenvalue weighted by molar-refractivity contribution is 6.30. The number of rotatable bonds is 5. The number of ether oxygens (including phenoxy) is 1. The standard InChI is InChI=1S/C18H20ClN3O2/c1-12-9-13(19)4-5-16(12)22-18(23)17-10-14(6-7-20-17)21-11-15-3-2-8-24-15/h4-7,9-10,15H,2-3,8,11H2,1H3,(H,20,21)(H,22,23). The number of aromatic nitrogens is 1. The Morgan fingerprint density at radius 2 is 2.25 bits per heavy atom. The highest BCUT2D eigenvalue weighted by Gasteiger charge is 2.15. The number of carbonyl (C=O) groups excluding carboxylic acids is 1. The van der Waals surface area contributed by atoms with E-state index < -0.39 is 0 Å². The van der Waals surface area contributed by atoms with Crippen molar-refractivity contribution in [2.24, 2.45) is 0 Å². The largest absolute Gasteiger partial charge is 0.382 e. The molecule has 1 aromatic heterocycles. The van der Waals surface area contributed by atoms with Crippen molar-refractivity contribution in [3.8, 4) is 0 Å². The maximum atomic E-state index is 12.4. The zero-order chi connectivity index (χ0) is 16.9. The van der Waals surface area contributed by atoms with Crippen LogP contribution in [0.2, 0.25) is 5.02 Å². The van der Waals surface area contributed by atoms with Gasteiger partial charge >= 0.3 is 0 Å². The Balaban J connectivity index is 1.65. The second-order valence-corrected chi connectivity index (χ2v) is 6.30. The SMILES string of the molecule is Cc1cc(Cl)ccc1NC(=O)c1cc(NCC2CCCO2)ccn1. The number of pyridine rings is 1. The van der Waals surface area contributed by atoms with Crippen LogP contribution in [0.1, 0.15) is 28.9 Å². The summed E-state index contributed by atoms with van der Waals surface area (Å²) in [5, 5.41) is 6.81. The molecule has 1 fully saturated rings. The second-order valence-electron chi connectivity index (χ2n) is 5.86. The van der Waals surface area contributed by atoms with E-state index in [1.54, 1.807) is 24.4 Å². The van der Waals surface area contributed by atoms with E-state index in [1.807, 2.05) is 19.1 Å². The lowest BCUT2D eigenvalue weighted by Gasteiger charge is -2.13. The first kappa shape index (κ1) is 16.7. The molecule has 126 valence electrons. The third-order valence-corrected chi connectivity index (χ3v) is 4.22. The van der Waals surface area contributed by atoms with Gasteiger partial charge in [0.15, 0.2) is 0 Å². The van der Waals surface area contributed by atoms with Crippen LogP contribution < -0.4 is 10.6 Å². The maximum Gasteiger partial charge on any atom is 0.274 e. The quantitative estimate of drug-likeness (QED) is 0.863. The van der Waals surface area contributed by atoms with Gasteiger partial charge in [-0.05, 0) is 55.7 Å². The average molecular weight is 346 g/mol. The Morgan fingerprint density at radius 1 is 1.38 bits per heavy atom. The molecule has 6 heteroatoms. The molecule has 1 saturated heterocycles. The summed E-state index contributed by atoms with van der Waals surface area (Å²) in [5.41, 5.74) is 2.85. The van der Waals surface area contributed by atoms with E-state index >= 15 is 0 Å². The Hall–Kier alpha value is -2.11. The number of halogens is 1. The molecule has 1 unspecified atom stereocenters. The average Bonchev–Trinajstić information content (AvgIpc) is 3.09. The normalized spacial score (nSPS) is 16.8. The van der Waals surface area contributed by atoms with Crippen LogP contribution in [0.4, 0.5) is 11.4 Å². The van der Waals surface area contributed by atoms with E-state index in [2.05, 4.69) is 15.6 Å². The van der Waals surface area contributed by atoms with Gasteiger partial charge in [-0.25, -0.2) is 0 Å². The van der Waals surface area contributed by atoms with E-state index in [0.717, 1.165) is 42.9 Å². The third kappa shape index (κ3) is 4.24. The lowest BCUT2D eigenvalue weighted by Crippen LogP contribution is -2.19. The Morgan fingerprint density at radius 3 is 3.00 bits per heavy atom. The van der Waals surface area contributed by atoms with Gasteiger partial charge in [0.1, 0.15) is 5.69 Å². The monoisotopic (exact) mass is 345 g/mol. The molecule has 0 radical (unpaired) electrons. The van der Waals surface area contributed by atoms with Gasteiger partial charge in [0.05, 0.1) is 6.10 Å². The second kappa shape index (κ2) is 7.64. The number of hydrogen-bond donors (Lipinski definition) is 2. The smallest absolute Gasteiger partial charge is 0.274 e. The number of aryl methyl sites for hydroxylation is 1. The Kier molecular flexibility index (Phi) is 5.33. The minimum absolute atomic E-state index is 0.243. The van der Waals surface area contributed by atoms with Gasteiger partial charge < -0.3 is 15.4 Å². The highest BCUT2D eigenvalue weighted by Crippen LogP contribution is 2.20. The first-order valence-corrected chi connectivity index (χ1v) is 8.38. The first-order valence-electron chi connectivity index (χ1n) is 8.01. The van der Waals surface area contributed by atoms with Crippen LogP contribution in [0.5, 0.6) is 0 Å². The molecule has 0 saturated carbocycles. The van der Waals surface area contributed by atoms with E-state index in [4.69, 9.17) is 16.3 Å². The number of anilines is 2. The summed E-state index contributed by atoms with van der Waals surface area (Å²) in [6, 6.07) is 8.94. The van der Waals surface area contributed by atoms with Crippen molar-refractivity contribution in [3.05, 3.63) is 52.8 Å². The molecule has 1 amide bonds. The number of amides is 1. The van der Waals surface area contributed by atoms with Crippen LogP contribution in [0.15, 0.2) is 36.5 Å². The number of nitrogens with one attached hydrogen (secondary N) is 2. The van der Waals surface area contributed by atoms with E-state index in [0.29, 0.717) is 10.7 Å². The predicted molar refractivity (Wildman–Crippen MR) is 95.8 cm³/mol. The fourth-order valence-corrected chi connectivity index (χ4v) is 2.88. The minimum Gasteiger partial charge on any atom is -0.382 e. The Bertz CT molecular complexity index is 730. The lowest BCUT2D eigenvalue weighted by atomic mass is 10.2. The molecule has 24 heavy (non-hydrogen) atoms. The molecule has 2 heterocycles. The first-order chi connectivity index (χ1) is 11.6. The van der Waals surface area contributed by atoms with Gasteiger partial charge in [0, 0.05) is 35.7 Å². The van der Waals surface area contributed by atoms with Crippen molar-refractivity contribution in [2.75, 3.05) is 23.8 Å². The summed E-state index contributed by atoms with van der Waals surface area (Å²) >= 11 is 5.94. The fourth-order valence-electron chi connectivity index (χ4n) is 2.66. The third-order valence-electron chi connectivity index (χ3n) is 3.99. The molecule has 1 aliphatic rings. The number of nitrogens with zero attached hydrogens (tertiary/aromatic N) is 1. The lowest BCUT2D eigenvalue weighted by molar-refractivity contribution is 0.102. The molecule has 2 N–H and O–H groups in total. The van der Waals surface area contributed by atoms with Crippen LogP contribution in [-0.2, 0) is 4.74 Å². The van der Waals surface area contributed by atoms with E-state index in [9.17, 15) is 4.79 Å². The molecule has 1 atom stereocenters. The molecule has 1 aromatic carbocycles. The van der Waals surface area contributed by atoms with Crippen LogP contribution in [-0.4, -0.2) is 30.1 Å². The molecular formula is C18H20ClN3O2. The van der Waals surface area contributed by atoms with Crippen molar-refractivity contribution in [1.82, 2.24) is 4.98 Å². The number of carbonyl (C=O) groups is 1. The van der Waals surface area contributed by atoms with Crippen molar-refractivity contribution in [1.29, 1.82) is 0 Å². The van der Waals surface area contributed by atoms with Crippen molar-refractivity contribution in [2.45, 2.75) is 25.9 Å². The fraction of sp³-hybridized carbons (Fsp3) is 0.333. The van der Waals surface area contributed by atoms with E-state index in [-0.39, 0.29) is 12.0 Å². The van der Waals surface area contributed by atoms with Crippen LogP contribution in [0.25, 0.3) is 0 Å². The van der Waals surface area contributed by atoms with Gasteiger partial charge in [-0.3, -0.25) is 9.78 Å². The predicted octanol–water partition coefficient (Wildman–Crippen LogP) is 3.89. The zero-order valence-corrected chi connectivity index (χ0v) is 14.3.